The van der Waals surface area contributed by atoms with E-state index in [2.05, 4.69) is 5.32 Å². The monoisotopic (exact) mass is 310 g/mol. The molecule has 0 fully saturated rings. The SMILES string of the molecule is Cc1cccc(CNC(=O)c2ccc(C(F)(F)F)[nH]c2=O)c1. The third-order valence-electron chi connectivity index (χ3n) is 3.00. The number of hydrogen-bond acceptors (Lipinski definition) is 2. The number of carbonyl (C=O) groups excluding carboxylic acids is 1. The van der Waals surface area contributed by atoms with E-state index in [0.717, 1.165) is 17.2 Å². The van der Waals surface area contributed by atoms with Crippen LogP contribution in [0, 0.1) is 6.92 Å². The summed E-state index contributed by atoms with van der Waals surface area (Å²) in [4.78, 5) is 25.1. The molecule has 0 aliphatic carbocycles. The molecule has 0 atom stereocenters. The second-order valence-corrected chi connectivity index (χ2v) is 4.78. The maximum atomic E-state index is 12.4. The maximum absolute atomic E-state index is 12.4. The minimum absolute atomic E-state index is 0.182. The van der Waals surface area contributed by atoms with E-state index in [-0.39, 0.29) is 12.1 Å². The van der Waals surface area contributed by atoms with Crippen LogP contribution in [0.1, 0.15) is 27.2 Å². The van der Waals surface area contributed by atoms with Gasteiger partial charge < -0.3 is 10.3 Å². The molecule has 0 aliphatic heterocycles. The lowest BCUT2D eigenvalue weighted by Gasteiger charge is -2.08. The first-order valence-electron chi connectivity index (χ1n) is 6.41. The van der Waals surface area contributed by atoms with Crippen molar-refractivity contribution < 1.29 is 18.0 Å². The van der Waals surface area contributed by atoms with Gasteiger partial charge in [-0.3, -0.25) is 9.59 Å². The van der Waals surface area contributed by atoms with Gasteiger partial charge in [0.2, 0.25) is 0 Å². The number of carbonyl (C=O) groups is 1. The molecule has 1 heterocycles. The second kappa shape index (κ2) is 6.05. The number of benzene rings is 1. The smallest absolute Gasteiger partial charge is 0.348 e. The van der Waals surface area contributed by atoms with Crippen LogP contribution in [0.3, 0.4) is 0 Å². The minimum Gasteiger partial charge on any atom is -0.348 e. The number of nitrogens with one attached hydrogen (secondary N) is 2. The van der Waals surface area contributed by atoms with Crippen molar-refractivity contribution in [3.05, 3.63) is 69.1 Å². The summed E-state index contributed by atoms with van der Waals surface area (Å²) in [7, 11) is 0. The van der Waals surface area contributed by atoms with Gasteiger partial charge in [-0.1, -0.05) is 29.8 Å². The third kappa shape index (κ3) is 3.75. The molecule has 2 N–H and O–H groups in total. The van der Waals surface area contributed by atoms with Crippen LogP contribution in [-0.2, 0) is 12.7 Å². The number of pyridine rings is 1. The Kier molecular flexibility index (Phi) is 4.35. The Balaban J connectivity index is 2.12. The van der Waals surface area contributed by atoms with Gasteiger partial charge in [0.25, 0.3) is 11.5 Å². The van der Waals surface area contributed by atoms with E-state index in [1.165, 1.54) is 0 Å². The minimum atomic E-state index is -4.66. The fourth-order valence-electron chi connectivity index (χ4n) is 1.92. The normalized spacial score (nSPS) is 11.3. The Morgan fingerprint density at radius 3 is 2.55 bits per heavy atom. The summed E-state index contributed by atoms with van der Waals surface area (Å²) < 4.78 is 37.3. The largest absolute Gasteiger partial charge is 0.431 e. The summed E-state index contributed by atoms with van der Waals surface area (Å²) in [6.45, 7) is 2.08. The van der Waals surface area contributed by atoms with Gasteiger partial charge in [0.05, 0.1) is 0 Å². The van der Waals surface area contributed by atoms with Crippen LogP contribution >= 0.6 is 0 Å². The molecule has 4 nitrogen and oxygen atoms in total. The predicted molar refractivity (Wildman–Crippen MR) is 74.4 cm³/mol. The number of halogens is 3. The zero-order valence-corrected chi connectivity index (χ0v) is 11.6. The number of aromatic amines is 1. The van der Waals surface area contributed by atoms with E-state index in [0.29, 0.717) is 6.07 Å². The van der Waals surface area contributed by atoms with Crippen LogP contribution < -0.4 is 10.9 Å². The molecule has 0 radical (unpaired) electrons. The Bertz CT molecular complexity index is 751. The molecule has 116 valence electrons. The van der Waals surface area contributed by atoms with E-state index in [4.69, 9.17) is 0 Å². The molecular formula is C15H13F3N2O2. The number of hydrogen-bond donors (Lipinski definition) is 2. The Hall–Kier alpha value is -2.57. The quantitative estimate of drug-likeness (QED) is 0.915. The lowest BCUT2D eigenvalue weighted by molar-refractivity contribution is -0.141. The topological polar surface area (TPSA) is 62.0 Å². The average molecular weight is 310 g/mol. The zero-order valence-electron chi connectivity index (χ0n) is 11.6. The first-order chi connectivity index (χ1) is 10.3. The first kappa shape index (κ1) is 15.8. The molecule has 22 heavy (non-hydrogen) atoms. The van der Waals surface area contributed by atoms with Crippen LogP contribution in [-0.4, -0.2) is 10.9 Å². The van der Waals surface area contributed by atoms with E-state index >= 15 is 0 Å². The van der Waals surface area contributed by atoms with Crippen molar-refractivity contribution in [2.75, 3.05) is 0 Å². The molecule has 7 heteroatoms. The Labute approximate surface area is 124 Å². The molecule has 0 saturated heterocycles. The van der Waals surface area contributed by atoms with Gasteiger partial charge in [-0.05, 0) is 24.6 Å². The van der Waals surface area contributed by atoms with Gasteiger partial charge in [-0.25, -0.2) is 0 Å². The highest BCUT2D eigenvalue weighted by Gasteiger charge is 2.32. The van der Waals surface area contributed by atoms with Gasteiger partial charge >= 0.3 is 6.18 Å². The summed E-state index contributed by atoms with van der Waals surface area (Å²) in [6, 6.07) is 8.91. The number of aromatic nitrogens is 1. The molecule has 0 unspecified atom stereocenters. The van der Waals surface area contributed by atoms with Crippen LogP contribution in [0.2, 0.25) is 0 Å². The molecule has 0 spiro atoms. The van der Waals surface area contributed by atoms with Gasteiger partial charge in [0.1, 0.15) is 11.3 Å². The number of rotatable bonds is 3. The molecule has 1 aromatic carbocycles. The zero-order chi connectivity index (χ0) is 16.3. The van der Waals surface area contributed by atoms with E-state index in [1.54, 1.807) is 11.1 Å². The Morgan fingerprint density at radius 2 is 1.95 bits per heavy atom. The van der Waals surface area contributed by atoms with Crippen molar-refractivity contribution in [3.63, 3.8) is 0 Å². The number of amides is 1. The molecule has 0 saturated carbocycles. The molecule has 0 aliphatic rings. The lowest BCUT2D eigenvalue weighted by Crippen LogP contribution is -2.30. The Morgan fingerprint density at radius 1 is 1.23 bits per heavy atom. The van der Waals surface area contributed by atoms with Crippen LogP contribution in [0.5, 0.6) is 0 Å². The fourth-order valence-corrected chi connectivity index (χ4v) is 1.92. The van der Waals surface area contributed by atoms with Crippen molar-refractivity contribution in [2.24, 2.45) is 0 Å². The summed E-state index contributed by atoms with van der Waals surface area (Å²) in [6.07, 6.45) is -4.66. The third-order valence-corrected chi connectivity index (χ3v) is 3.00. The van der Waals surface area contributed by atoms with Crippen LogP contribution in [0.4, 0.5) is 13.2 Å². The van der Waals surface area contributed by atoms with E-state index in [1.807, 2.05) is 25.1 Å². The summed E-state index contributed by atoms with van der Waals surface area (Å²) in [5.41, 5.74) is -0.777. The van der Waals surface area contributed by atoms with Crippen molar-refractivity contribution >= 4 is 5.91 Å². The fraction of sp³-hybridized carbons (Fsp3) is 0.200. The number of alkyl halides is 3. The number of aryl methyl sites for hydroxylation is 1. The number of H-pyrrole nitrogens is 1. The molecule has 0 bridgehead atoms. The van der Waals surface area contributed by atoms with Crippen molar-refractivity contribution in [2.45, 2.75) is 19.6 Å². The summed E-state index contributed by atoms with van der Waals surface area (Å²) in [5.74, 6) is -0.725. The maximum Gasteiger partial charge on any atom is 0.431 e. The molecule has 2 rings (SSSR count). The highest BCUT2D eigenvalue weighted by atomic mass is 19.4. The van der Waals surface area contributed by atoms with Crippen LogP contribution in [0.15, 0.2) is 41.2 Å². The highest BCUT2D eigenvalue weighted by Crippen LogP contribution is 2.26. The van der Waals surface area contributed by atoms with Gasteiger partial charge in [0, 0.05) is 6.54 Å². The van der Waals surface area contributed by atoms with Gasteiger partial charge in [-0.2, -0.15) is 13.2 Å². The van der Waals surface area contributed by atoms with Crippen molar-refractivity contribution in [1.29, 1.82) is 0 Å². The molecule has 1 aromatic heterocycles. The van der Waals surface area contributed by atoms with Crippen molar-refractivity contribution in [3.8, 4) is 0 Å². The predicted octanol–water partition coefficient (Wildman–Crippen LogP) is 2.63. The van der Waals surface area contributed by atoms with Gasteiger partial charge in [0.15, 0.2) is 0 Å². The molecular weight excluding hydrogens is 297 g/mol. The summed E-state index contributed by atoms with van der Waals surface area (Å²) >= 11 is 0. The summed E-state index contributed by atoms with van der Waals surface area (Å²) in [5, 5.41) is 2.50. The molecule has 2 aromatic rings. The lowest BCUT2D eigenvalue weighted by atomic mass is 10.1. The van der Waals surface area contributed by atoms with Crippen LogP contribution in [0.25, 0.3) is 0 Å². The van der Waals surface area contributed by atoms with Crippen molar-refractivity contribution in [1.82, 2.24) is 10.3 Å². The van der Waals surface area contributed by atoms with E-state index in [9.17, 15) is 22.8 Å². The molecule has 1 amide bonds. The second-order valence-electron chi connectivity index (χ2n) is 4.78. The highest BCUT2D eigenvalue weighted by molar-refractivity contribution is 5.93. The van der Waals surface area contributed by atoms with E-state index < -0.39 is 23.3 Å². The standard InChI is InChI=1S/C15H13F3N2O2/c1-9-3-2-4-10(7-9)8-19-13(21)11-5-6-12(15(16,17)18)20-14(11)22/h2-7H,8H2,1H3,(H,19,21)(H,20,22). The average Bonchev–Trinajstić information content (AvgIpc) is 2.44. The first-order valence-corrected chi connectivity index (χ1v) is 6.41. The van der Waals surface area contributed by atoms with Gasteiger partial charge in [-0.15, -0.1) is 0 Å².